The summed E-state index contributed by atoms with van der Waals surface area (Å²) in [5, 5.41) is 0. The van der Waals surface area contributed by atoms with Crippen molar-refractivity contribution in [1.82, 2.24) is 9.80 Å². The molecule has 0 bridgehead atoms. The summed E-state index contributed by atoms with van der Waals surface area (Å²) >= 11 is 11.0. The van der Waals surface area contributed by atoms with Gasteiger partial charge in [-0.25, -0.2) is 0 Å². The molecule has 0 saturated carbocycles. The smallest absolute Gasteiger partial charge is 0.147 e. The molecule has 0 aromatic heterocycles. The minimum absolute atomic E-state index is 0.794. The van der Waals surface area contributed by atoms with Gasteiger partial charge < -0.3 is 14.5 Å². The van der Waals surface area contributed by atoms with Crippen LogP contribution < -0.4 is 0 Å². The Bertz CT molecular complexity index is 364. The second-order valence-corrected chi connectivity index (χ2v) is 12.1. The molecule has 0 aliphatic carbocycles. The Morgan fingerprint density at radius 3 is 1.48 bits per heavy atom. The van der Waals surface area contributed by atoms with Crippen molar-refractivity contribution < 1.29 is 4.74 Å². The van der Waals surface area contributed by atoms with Crippen molar-refractivity contribution in [2.24, 2.45) is 0 Å². The van der Waals surface area contributed by atoms with Gasteiger partial charge in [-0.05, 0) is 60.1 Å². The van der Waals surface area contributed by atoms with E-state index in [0.717, 1.165) is 59.5 Å². The summed E-state index contributed by atoms with van der Waals surface area (Å²) in [6.07, 6.45) is 7.83. The maximum atomic E-state index is 5.71. The minimum atomic E-state index is 0.794. The van der Waals surface area contributed by atoms with Gasteiger partial charge in [-0.15, -0.1) is 0 Å². The molecule has 2 rings (SSSR count). The normalized spacial score (nSPS) is 18.4. The van der Waals surface area contributed by atoms with E-state index in [0.29, 0.717) is 0 Å². The topological polar surface area (TPSA) is 15.7 Å². The van der Waals surface area contributed by atoms with E-state index in [9.17, 15) is 0 Å². The molecule has 25 heavy (non-hydrogen) atoms. The Morgan fingerprint density at radius 2 is 1.08 bits per heavy atom. The standard InChI is InChI=1S/C16H28N2OS6/c20-15(17-7-3-1-4-8-17)24-22-13-11-19-12-14-23-25-16(21)18-9-5-2-6-10-18/h1-14H2. The highest BCUT2D eigenvalue weighted by Gasteiger charge is 2.14. The number of nitrogens with zero attached hydrogens (tertiary/aromatic N) is 2. The van der Waals surface area contributed by atoms with Crippen LogP contribution in [0.4, 0.5) is 0 Å². The molecule has 144 valence electrons. The minimum Gasteiger partial charge on any atom is -0.380 e. The Balaban J connectivity index is 1.37. The number of likely N-dealkylation sites (tertiary alicyclic amines) is 2. The molecule has 2 heterocycles. The molecule has 0 atom stereocenters. The SMILES string of the molecule is S=C(SSCCOCCSSC(=S)N1CCCCC1)N1CCCCC1. The fourth-order valence-corrected chi connectivity index (χ4v) is 7.42. The highest BCUT2D eigenvalue weighted by atomic mass is 33.1. The second-order valence-electron chi connectivity index (χ2n) is 6.05. The number of thiocarbonyl (C=S) groups is 2. The van der Waals surface area contributed by atoms with Gasteiger partial charge in [0.05, 0.1) is 13.2 Å². The van der Waals surface area contributed by atoms with Crippen LogP contribution in [0.1, 0.15) is 38.5 Å². The number of hydrogen-bond acceptors (Lipinski definition) is 7. The molecular formula is C16H28N2OS6. The van der Waals surface area contributed by atoms with Gasteiger partial charge in [0.15, 0.2) is 0 Å². The van der Waals surface area contributed by atoms with Crippen LogP contribution in [0.2, 0.25) is 0 Å². The Morgan fingerprint density at radius 1 is 0.680 bits per heavy atom. The predicted molar refractivity (Wildman–Crippen MR) is 127 cm³/mol. The van der Waals surface area contributed by atoms with Crippen LogP contribution >= 0.6 is 67.6 Å². The first kappa shape index (κ1) is 22.4. The molecule has 2 aliphatic rings. The lowest BCUT2D eigenvalue weighted by Crippen LogP contribution is -2.32. The summed E-state index contributed by atoms with van der Waals surface area (Å²) in [5.74, 6) is 1.98. The summed E-state index contributed by atoms with van der Waals surface area (Å²) in [6, 6.07) is 0. The zero-order valence-corrected chi connectivity index (χ0v) is 19.6. The maximum Gasteiger partial charge on any atom is 0.147 e. The Kier molecular flexibility index (Phi) is 12.7. The highest BCUT2D eigenvalue weighted by Crippen LogP contribution is 2.28. The lowest BCUT2D eigenvalue weighted by Gasteiger charge is -2.28. The van der Waals surface area contributed by atoms with Gasteiger partial charge >= 0.3 is 0 Å². The third kappa shape index (κ3) is 9.76. The zero-order valence-electron chi connectivity index (χ0n) is 14.7. The third-order valence-electron chi connectivity index (χ3n) is 4.11. The molecule has 0 aromatic carbocycles. The first-order chi connectivity index (χ1) is 12.3. The van der Waals surface area contributed by atoms with E-state index >= 15 is 0 Å². The first-order valence-electron chi connectivity index (χ1n) is 9.02. The average Bonchev–Trinajstić information content (AvgIpc) is 2.67. The molecule has 3 nitrogen and oxygen atoms in total. The largest absolute Gasteiger partial charge is 0.380 e. The van der Waals surface area contributed by atoms with E-state index in [1.54, 1.807) is 21.6 Å². The van der Waals surface area contributed by atoms with Crippen LogP contribution in [0.3, 0.4) is 0 Å². The van der Waals surface area contributed by atoms with E-state index < -0.39 is 0 Å². The number of ether oxygens (including phenoxy) is 1. The summed E-state index contributed by atoms with van der Waals surface area (Å²) in [6.45, 7) is 6.13. The van der Waals surface area contributed by atoms with Gasteiger partial charge in [0.25, 0.3) is 0 Å². The van der Waals surface area contributed by atoms with Crippen molar-refractivity contribution in [2.75, 3.05) is 50.9 Å². The van der Waals surface area contributed by atoms with Gasteiger partial charge in [-0.2, -0.15) is 0 Å². The summed E-state index contributed by atoms with van der Waals surface area (Å²) in [7, 11) is 7.09. The van der Waals surface area contributed by atoms with E-state index in [1.165, 1.54) is 38.5 Å². The summed E-state index contributed by atoms with van der Waals surface area (Å²) in [4.78, 5) is 4.69. The van der Waals surface area contributed by atoms with Crippen molar-refractivity contribution in [3.63, 3.8) is 0 Å². The molecular weight excluding hydrogens is 429 g/mol. The average molecular weight is 457 g/mol. The molecule has 2 saturated heterocycles. The lowest BCUT2D eigenvalue weighted by molar-refractivity contribution is 0.167. The van der Waals surface area contributed by atoms with Crippen molar-refractivity contribution >= 4 is 76.3 Å². The van der Waals surface area contributed by atoms with Crippen LogP contribution in [-0.4, -0.2) is 69.3 Å². The molecule has 2 fully saturated rings. The molecule has 0 amide bonds. The van der Waals surface area contributed by atoms with Gasteiger partial charge in [0.2, 0.25) is 0 Å². The maximum absolute atomic E-state index is 5.71. The van der Waals surface area contributed by atoms with Crippen molar-refractivity contribution in [1.29, 1.82) is 0 Å². The first-order valence-corrected chi connectivity index (χ1v) is 14.5. The van der Waals surface area contributed by atoms with Crippen molar-refractivity contribution in [2.45, 2.75) is 38.5 Å². The third-order valence-corrected chi connectivity index (χ3v) is 10.1. The fraction of sp³-hybridized carbons (Fsp3) is 0.875. The summed E-state index contributed by atoms with van der Waals surface area (Å²) < 4.78 is 7.79. The fourth-order valence-electron chi connectivity index (χ4n) is 2.73. The van der Waals surface area contributed by atoms with Crippen LogP contribution in [0, 0.1) is 0 Å². The van der Waals surface area contributed by atoms with Gasteiger partial charge in [0, 0.05) is 37.7 Å². The van der Waals surface area contributed by atoms with E-state index in [1.807, 2.05) is 21.6 Å². The van der Waals surface area contributed by atoms with Crippen LogP contribution in [0.15, 0.2) is 0 Å². The Hall–Kier alpha value is 1.14. The highest BCUT2D eigenvalue weighted by molar-refractivity contribution is 8.84. The van der Waals surface area contributed by atoms with Gasteiger partial charge in [0.1, 0.15) is 8.64 Å². The molecule has 0 N–H and O–H groups in total. The molecule has 0 spiro atoms. The number of piperidine rings is 2. The van der Waals surface area contributed by atoms with Crippen LogP contribution in [-0.2, 0) is 4.74 Å². The van der Waals surface area contributed by atoms with Crippen LogP contribution in [0.5, 0.6) is 0 Å². The van der Waals surface area contributed by atoms with E-state index in [2.05, 4.69) is 9.80 Å². The number of hydrogen-bond donors (Lipinski definition) is 0. The molecule has 2 aliphatic heterocycles. The van der Waals surface area contributed by atoms with E-state index in [4.69, 9.17) is 29.2 Å². The van der Waals surface area contributed by atoms with Gasteiger partial charge in [-0.1, -0.05) is 46.0 Å². The monoisotopic (exact) mass is 456 g/mol. The zero-order chi connectivity index (χ0) is 17.7. The lowest BCUT2D eigenvalue weighted by atomic mass is 10.1. The van der Waals surface area contributed by atoms with Gasteiger partial charge in [-0.3, -0.25) is 0 Å². The molecule has 0 aromatic rings. The predicted octanol–water partition coefficient (Wildman–Crippen LogP) is 5.31. The molecule has 9 heteroatoms. The van der Waals surface area contributed by atoms with Crippen molar-refractivity contribution in [3.05, 3.63) is 0 Å². The number of rotatable bonds is 8. The summed E-state index contributed by atoms with van der Waals surface area (Å²) in [5.41, 5.74) is 0. The van der Waals surface area contributed by atoms with Crippen LogP contribution in [0.25, 0.3) is 0 Å². The van der Waals surface area contributed by atoms with Crippen molar-refractivity contribution in [3.8, 4) is 0 Å². The second kappa shape index (κ2) is 14.2. The molecule has 0 radical (unpaired) electrons. The quantitative estimate of drug-likeness (QED) is 0.272. The Labute approximate surface area is 179 Å². The van der Waals surface area contributed by atoms with E-state index in [-0.39, 0.29) is 0 Å². The molecule has 0 unspecified atom stereocenters.